The fraction of sp³-hybridized carbons (Fsp3) is 0.174. The Morgan fingerprint density at radius 1 is 0.880 bits per heavy atom. The molecule has 1 aliphatic carbocycles. The normalized spacial score (nSPS) is 19.7. The molecule has 2 heteroatoms. The molecular weight excluding hydrogens is 306 g/mol. The second kappa shape index (κ2) is 4.82. The quantitative estimate of drug-likeness (QED) is 0.481. The molecule has 0 radical (unpaired) electrons. The summed E-state index contributed by atoms with van der Waals surface area (Å²) in [7, 11) is 2.10. The van der Waals surface area contributed by atoms with Crippen molar-refractivity contribution >= 4 is 27.6 Å². The number of rotatable bonds is 1. The molecule has 0 saturated carbocycles. The highest BCUT2D eigenvalue weighted by Crippen LogP contribution is 2.41. The van der Waals surface area contributed by atoms with Crippen molar-refractivity contribution in [1.82, 2.24) is 4.57 Å². The van der Waals surface area contributed by atoms with Crippen LogP contribution in [0.5, 0.6) is 0 Å². The molecule has 1 aliphatic rings. The minimum atomic E-state index is -0.478. The van der Waals surface area contributed by atoms with Crippen LogP contribution in [-0.4, -0.2) is 10.4 Å². The number of hydrogen-bond donors (Lipinski definition) is 0. The predicted molar refractivity (Wildman–Crippen MR) is 102 cm³/mol. The van der Waals surface area contributed by atoms with Crippen LogP contribution in [0.25, 0.3) is 21.8 Å². The number of carbonyl (C=O) groups excluding carboxylic acids is 1. The molecule has 0 unspecified atom stereocenters. The highest BCUT2D eigenvalue weighted by Gasteiger charge is 2.42. The lowest BCUT2D eigenvalue weighted by atomic mass is 9.78. The molecule has 4 aromatic rings. The van der Waals surface area contributed by atoms with E-state index in [1.165, 1.54) is 21.8 Å². The number of aromatic nitrogens is 1. The van der Waals surface area contributed by atoms with E-state index in [9.17, 15) is 4.79 Å². The van der Waals surface area contributed by atoms with E-state index in [4.69, 9.17) is 0 Å². The molecule has 122 valence electrons. The first-order chi connectivity index (χ1) is 12.1. The first kappa shape index (κ1) is 14.5. The van der Waals surface area contributed by atoms with Crippen molar-refractivity contribution in [2.45, 2.75) is 18.8 Å². The molecule has 0 amide bonds. The van der Waals surface area contributed by atoms with Gasteiger partial charge in [-0.05, 0) is 36.6 Å². The largest absolute Gasteiger partial charge is 0.344 e. The number of benzene rings is 3. The number of nitrogens with zero attached hydrogens (tertiary/aromatic N) is 1. The molecule has 0 bridgehead atoms. The molecule has 0 aliphatic heterocycles. The van der Waals surface area contributed by atoms with Crippen molar-refractivity contribution in [3.63, 3.8) is 0 Å². The Balaban J connectivity index is 1.73. The van der Waals surface area contributed by atoms with E-state index in [1.807, 2.05) is 18.2 Å². The summed E-state index contributed by atoms with van der Waals surface area (Å²) in [5.74, 6) is 0.237. The van der Waals surface area contributed by atoms with Gasteiger partial charge in [-0.3, -0.25) is 4.79 Å². The summed E-state index contributed by atoms with van der Waals surface area (Å²) in [4.78, 5) is 13.1. The molecule has 0 fully saturated rings. The fourth-order valence-corrected chi connectivity index (χ4v) is 4.39. The van der Waals surface area contributed by atoms with Crippen molar-refractivity contribution in [2.24, 2.45) is 7.05 Å². The molecule has 0 spiro atoms. The van der Waals surface area contributed by atoms with Gasteiger partial charge in [-0.2, -0.15) is 0 Å². The van der Waals surface area contributed by atoms with E-state index in [-0.39, 0.29) is 5.78 Å². The summed E-state index contributed by atoms with van der Waals surface area (Å²) in [5, 5.41) is 2.51. The van der Waals surface area contributed by atoms with Gasteiger partial charge in [0.15, 0.2) is 5.78 Å². The SMILES string of the molecule is Cn1c2ccccc2c2ccc([C@]3(C)Cc4ccccc4C3=O)cc21. The molecule has 1 aromatic heterocycles. The molecule has 5 rings (SSSR count). The smallest absolute Gasteiger partial charge is 0.173 e. The number of fused-ring (bicyclic) bond motifs is 4. The van der Waals surface area contributed by atoms with E-state index in [1.54, 1.807) is 0 Å². The summed E-state index contributed by atoms with van der Waals surface area (Å²) < 4.78 is 2.23. The Morgan fingerprint density at radius 3 is 2.44 bits per heavy atom. The van der Waals surface area contributed by atoms with Crippen LogP contribution in [0, 0.1) is 0 Å². The zero-order chi connectivity index (χ0) is 17.2. The third kappa shape index (κ3) is 1.82. The summed E-state index contributed by atoms with van der Waals surface area (Å²) in [6, 6.07) is 23.0. The van der Waals surface area contributed by atoms with E-state index >= 15 is 0 Å². The fourth-order valence-electron chi connectivity index (χ4n) is 4.39. The van der Waals surface area contributed by atoms with Gasteiger partial charge in [-0.25, -0.2) is 0 Å². The van der Waals surface area contributed by atoms with Crippen LogP contribution in [0.3, 0.4) is 0 Å². The van der Waals surface area contributed by atoms with Gasteiger partial charge in [0.1, 0.15) is 0 Å². The van der Waals surface area contributed by atoms with Gasteiger partial charge in [-0.1, -0.05) is 54.6 Å². The Hall–Kier alpha value is -2.87. The topological polar surface area (TPSA) is 22.0 Å². The highest BCUT2D eigenvalue weighted by molar-refractivity contribution is 6.11. The van der Waals surface area contributed by atoms with Crippen LogP contribution in [-0.2, 0) is 18.9 Å². The number of hydrogen-bond acceptors (Lipinski definition) is 1. The predicted octanol–water partition coefficient (Wildman–Crippen LogP) is 5.03. The number of aryl methyl sites for hydroxylation is 1. The molecule has 25 heavy (non-hydrogen) atoms. The van der Waals surface area contributed by atoms with Gasteiger partial charge < -0.3 is 4.57 Å². The number of Topliss-reactive ketones (excluding diaryl/α,β-unsaturated/α-hetero) is 1. The van der Waals surface area contributed by atoms with E-state index in [0.29, 0.717) is 0 Å². The summed E-state index contributed by atoms with van der Waals surface area (Å²) in [5.41, 5.74) is 5.07. The molecular formula is C23H19NO. The highest BCUT2D eigenvalue weighted by atomic mass is 16.1. The first-order valence-electron chi connectivity index (χ1n) is 8.70. The minimum absolute atomic E-state index is 0.237. The molecule has 0 saturated heterocycles. The Bertz CT molecular complexity index is 1170. The number of carbonyl (C=O) groups is 1. The Labute approximate surface area is 146 Å². The van der Waals surface area contributed by atoms with Gasteiger partial charge >= 0.3 is 0 Å². The maximum atomic E-state index is 13.1. The van der Waals surface area contributed by atoms with E-state index < -0.39 is 5.41 Å². The van der Waals surface area contributed by atoms with Gasteiger partial charge in [0.05, 0.1) is 5.41 Å². The van der Waals surface area contributed by atoms with Crippen LogP contribution in [0.4, 0.5) is 0 Å². The Morgan fingerprint density at radius 2 is 1.60 bits per heavy atom. The van der Waals surface area contributed by atoms with E-state index in [2.05, 4.69) is 67.1 Å². The third-order valence-electron chi connectivity index (χ3n) is 5.86. The Kier molecular flexibility index (Phi) is 2.79. The maximum Gasteiger partial charge on any atom is 0.173 e. The van der Waals surface area contributed by atoms with E-state index in [0.717, 1.165) is 23.1 Å². The van der Waals surface area contributed by atoms with Crippen molar-refractivity contribution in [1.29, 1.82) is 0 Å². The van der Waals surface area contributed by atoms with Crippen LogP contribution >= 0.6 is 0 Å². The third-order valence-corrected chi connectivity index (χ3v) is 5.86. The van der Waals surface area contributed by atoms with Crippen LogP contribution in [0.15, 0.2) is 66.7 Å². The van der Waals surface area contributed by atoms with Crippen molar-refractivity contribution in [2.75, 3.05) is 0 Å². The van der Waals surface area contributed by atoms with Crippen molar-refractivity contribution in [3.05, 3.63) is 83.4 Å². The van der Waals surface area contributed by atoms with Crippen LogP contribution < -0.4 is 0 Å². The second-order valence-electron chi connectivity index (χ2n) is 7.30. The van der Waals surface area contributed by atoms with Crippen LogP contribution in [0.1, 0.15) is 28.4 Å². The second-order valence-corrected chi connectivity index (χ2v) is 7.30. The monoisotopic (exact) mass is 325 g/mol. The molecule has 0 N–H and O–H groups in total. The average Bonchev–Trinajstić information content (AvgIpc) is 3.08. The molecule has 3 aromatic carbocycles. The summed E-state index contributed by atoms with van der Waals surface area (Å²) in [6.45, 7) is 2.08. The number of ketones is 1. The zero-order valence-corrected chi connectivity index (χ0v) is 14.4. The van der Waals surface area contributed by atoms with Gasteiger partial charge in [0.25, 0.3) is 0 Å². The van der Waals surface area contributed by atoms with Crippen molar-refractivity contribution < 1.29 is 4.79 Å². The standard InChI is InChI=1S/C23H19NO/c1-23(14-15-7-3-4-8-17(15)22(23)25)16-11-12-19-18-9-5-6-10-20(18)24(2)21(19)13-16/h3-13H,14H2,1-2H3/t23-/m0/s1. The van der Waals surface area contributed by atoms with Gasteiger partial charge in [0.2, 0.25) is 0 Å². The maximum absolute atomic E-state index is 13.1. The first-order valence-corrected chi connectivity index (χ1v) is 8.70. The minimum Gasteiger partial charge on any atom is -0.344 e. The van der Waals surface area contributed by atoms with Gasteiger partial charge in [-0.15, -0.1) is 0 Å². The molecule has 1 heterocycles. The lowest BCUT2D eigenvalue weighted by Gasteiger charge is -2.23. The van der Waals surface area contributed by atoms with Crippen LogP contribution in [0.2, 0.25) is 0 Å². The lowest BCUT2D eigenvalue weighted by molar-refractivity contribution is 0.0915. The zero-order valence-electron chi connectivity index (χ0n) is 14.4. The molecule has 1 atom stereocenters. The average molecular weight is 325 g/mol. The molecule has 2 nitrogen and oxygen atoms in total. The lowest BCUT2D eigenvalue weighted by Crippen LogP contribution is -2.29. The summed E-state index contributed by atoms with van der Waals surface area (Å²) >= 11 is 0. The van der Waals surface area contributed by atoms with Crippen molar-refractivity contribution in [3.8, 4) is 0 Å². The van der Waals surface area contributed by atoms with Gasteiger partial charge in [0, 0.05) is 34.4 Å². The number of para-hydroxylation sites is 1. The summed E-state index contributed by atoms with van der Waals surface area (Å²) in [6.07, 6.45) is 0.775.